The highest BCUT2D eigenvalue weighted by molar-refractivity contribution is 7.99. The number of nitrogens with zero attached hydrogens (tertiary/aromatic N) is 2. The molecule has 0 aliphatic carbocycles. The summed E-state index contributed by atoms with van der Waals surface area (Å²) in [5.41, 5.74) is 6.34. The predicted octanol–water partition coefficient (Wildman–Crippen LogP) is 0.797. The molecule has 2 atom stereocenters. The van der Waals surface area contributed by atoms with Crippen molar-refractivity contribution in [1.82, 2.24) is 9.97 Å². The molecule has 0 aromatic carbocycles. The van der Waals surface area contributed by atoms with Crippen molar-refractivity contribution in [3.05, 3.63) is 18.0 Å². The van der Waals surface area contributed by atoms with Gasteiger partial charge in [0.15, 0.2) is 5.16 Å². The van der Waals surface area contributed by atoms with Crippen molar-refractivity contribution >= 4 is 11.8 Å². The van der Waals surface area contributed by atoms with Crippen molar-refractivity contribution in [3.63, 3.8) is 0 Å². The summed E-state index contributed by atoms with van der Waals surface area (Å²) in [5, 5.41) is 10.1. The van der Waals surface area contributed by atoms with E-state index in [0.717, 1.165) is 5.56 Å². The van der Waals surface area contributed by atoms with E-state index in [1.54, 1.807) is 19.3 Å². The maximum atomic E-state index is 9.29. The second-order valence-corrected chi connectivity index (χ2v) is 4.49. The van der Waals surface area contributed by atoms with Crippen molar-refractivity contribution in [2.75, 3.05) is 0 Å². The predicted molar refractivity (Wildman–Crippen MR) is 56.9 cm³/mol. The molecule has 1 aromatic heterocycles. The highest BCUT2D eigenvalue weighted by Gasteiger charge is 2.11. The zero-order chi connectivity index (χ0) is 10.6. The normalized spacial score (nSPS) is 15.1. The molecule has 0 saturated carbocycles. The zero-order valence-electron chi connectivity index (χ0n) is 8.34. The summed E-state index contributed by atoms with van der Waals surface area (Å²) in [4.78, 5) is 8.27. The lowest BCUT2D eigenvalue weighted by molar-refractivity contribution is 0.196. The first kappa shape index (κ1) is 11.4. The van der Waals surface area contributed by atoms with E-state index in [4.69, 9.17) is 5.73 Å². The third-order valence-electron chi connectivity index (χ3n) is 1.89. The van der Waals surface area contributed by atoms with Gasteiger partial charge in [0.1, 0.15) is 0 Å². The van der Waals surface area contributed by atoms with Crippen LogP contribution >= 0.6 is 11.8 Å². The molecule has 1 heterocycles. The molecule has 0 amide bonds. The van der Waals surface area contributed by atoms with E-state index in [-0.39, 0.29) is 11.4 Å². The molecule has 0 fully saturated rings. The topological polar surface area (TPSA) is 72.0 Å². The summed E-state index contributed by atoms with van der Waals surface area (Å²) < 4.78 is 0. The fourth-order valence-corrected chi connectivity index (χ4v) is 1.53. The second-order valence-electron chi connectivity index (χ2n) is 3.14. The Kier molecular flexibility index (Phi) is 4.31. The quantitative estimate of drug-likeness (QED) is 0.571. The van der Waals surface area contributed by atoms with Gasteiger partial charge < -0.3 is 10.8 Å². The molecular weight excluding hydrogens is 198 g/mol. The molecule has 0 aliphatic rings. The SMILES string of the molecule is CC(O)C(C)Sc1ncc(CN)cn1. The van der Waals surface area contributed by atoms with Crippen LogP contribution in [0.25, 0.3) is 0 Å². The summed E-state index contributed by atoms with van der Waals surface area (Å²) in [7, 11) is 0. The molecule has 0 radical (unpaired) electrons. The van der Waals surface area contributed by atoms with E-state index < -0.39 is 0 Å². The van der Waals surface area contributed by atoms with Crippen molar-refractivity contribution in [1.29, 1.82) is 0 Å². The standard InChI is InChI=1S/C9H15N3OS/c1-6(13)7(2)14-9-11-4-8(3-10)5-12-9/h4-7,13H,3,10H2,1-2H3. The number of thioether (sulfide) groups is 1. The third kappa shape index (κ3) is 3.25. The van der Waals surface area contributed by atoms with E-state index in [0.29, 0.717) is 11.7 Å². The fourth-order valence-electron chi connectivity index (χ4n) is 0.774. The van der Waals surface area contributed by atoms with Crippen LogP contribution in [0.4, 0.5) is 0 Å². The third-order valence-corrected chi connectivity index (χ3v) is 3.08. The van der Waals surface area contributed by atoms with Gasteiger partial charge in [-0.2, -0.15) is 0 Å². The average Bonchev–Trinajstić information content (AvgIpc) is 2.19. The Balaban J connectivity index is 2.59. The highest BCUT2D eigenvalue weighted by atomic mass is 32.2. The minimum absolute atomic E-state index is 0.0960. The van der Waals surface area contributed by atoms with Crippen molar-refractivity contribution < 1.29 is 5.11 Å². The van der Waals surface area contributed by atoms with Gasteiger partial charge in [0.25, 0.3) is 0 Å². The van der Waals surface area contributed by atoms with E-state index in [1.807, 2.05) is 6.92 Å². The molecule has 1 rings (SSSR count). The van der Waals surface area contributed by atoms with Gasteiger partial charge in [-0.1, -0.05) is 18.7 Å². The fraction of sp³-hybridized carbons (Fsp3) is 0.556. The Morgan fingerprint density at radius 2 is 2.00 bits per heavy atom. The smallest absolute Gasteiger partial charge is 0.187 e. The van der Waals surface area contributed by atoms with Crippen LogP contribution in [0, 0.1) is 0 Å². The van der Waals surface area contributed by atoms with E-state index >= 15 is 0 Å². The first-order chi connectivity index (χ1) is 6.63. The van der Waals surface area contributed by atoms with Gasteiger partial charge in [-0.05, 0) is 6.92 Å². The van der Waals surface area contributed by atoms with Crippen LogP contribution < -0.4 is 5.73 Å². The van der Waals surface area contributed by atoms with Crippen LogP contribution in [0.3, 0.4) is 0 Å². The Labute approximate surface area is 88.0 Å². The Hall–Kier alpha value is -0.650. The molecule has 5 heteroatoms. The van der Waals surface area contributed by atoms with Gasteiger partial charge in [0.05, 0.1) is 6.10 Å². The second kappa shape index (κ2) is 5.29. The lowest BCUT2D eigenvalue weighted by Gasteiger charge is -2.12. The molecule has 2 unspecified atom stereocenters. The molecule has 0 saturated heterocycles. The molecule has 0 spiro atoms. The first-order valence-electron chi connectivity index (χ1n) is 4.49. The van der Waals surface area contributed by atoms with Crippen LogP contribution in [-0.2, 0) is 6.54 Å². The number of hydrogen-bond acceptors (Lipinski definition) is 5. The maximum Gasteiger partial charge on any atom is 0.187 e. The minimum Gasteiger partial charge on any atom is -0.392 e. The maximum absolute atomic E-state index is 9.29. The summed E-state index contributed by atoms with van der Waals surface area (Å²) >= 11 is 1.46. The van der Waals surface area contributed by atoms with E-state index in [2.05, 4.69) is 9.97 Å². The molecule has 78 valence electrons. The van der Waals surface area contributed by atoms with Crippen LogP contribution in [0.2, 0.25) is 0 Å². The lowest BCUT2D eigenvalue weighted by atomic mass is 10.3. The number of aliphatic hydroxyl groups excluding tert-OH is 1. The van der Waals surface area contributed by atoms with Crippen LogP contribution in [0.15, 0.2) is 17.6 Å². The van der Waals surface area contributed by atoms with Gasteiger partial charge >= 0.3 is 0 Å². The summed E-state index contributed by atoms with van der Waals surface area (Å²) in [6.45, 7) is 4.15. The zero-order valence-corrected chi connectivity index (χ0v) is 9.16. The molecule has 4 nitrogen and oxygen atoms in total. The van der Waals surface area contributed by atoms with Crippen molar-refractivity contribution in [2.24, 2.45) is 5.73 Å². The Bertz CT molecular complexity index is 276. The Morgan fingerprint density at radius 3 is 2.43 bits per heavy atom. The van der Waals surface area contributed by atoms with Crippen LogP contribution in [-0.4, -0.2) is 26.4 Å². The number of aliphatic hydroxyl groups is 1. The van der Waals surface area contributed by atoms with Crippen molar-refractivity contribution in [3.8, 4) is 0 Å². The number of rotatable bonds is 4. The van der Waals surface area contributed by atoms with E-state index in [1.165, 1.54) is 11.8 Å². The lowest BCUT2D eigenvalue weighted by Crippen LogP contribution is -2.15. The van der Waals surface area contributed by atoms with Crippen LogP contribution in [0.1, 0.15) is 19.4 Å². The molecule has 0 aliphatic heterocycles. The highest BCUT2D eigenvalue weighted by Crippen LogP contribution is 2.20. The summed E-state index contributed by atoms with van der Waals surface area (Å²) in [6, 6.07) is 0. The molecule has 14 heavy (non-hydrogen) atoms. The first-order valence-corrected chi connectivity index (χ1v) is 5.37. The number of nitrogens with two attached hydrogens (primary N) is 1. The summed E-state index contributed by atoms with van der Waals surface area (Å²) in [5.74, 6) is 0. The Morgan fingerprint density at radius 1 is 1.43 bits per heavy atom. The van der Waals surface area contributed by atoms with Crippen LogP contribution in [0.5, 0.6) is 0 Å². The van der Waals surface area contributed by atoms with Gasteiger partial charge in [-0.3, -0.25) is 0 Å². The average molecular weight is 213 g/mol. The van der Waals surface area contributed by atoms with Gasteiger partial charge in [0, 0.05) is 29.8 Å². The summed E-state index contributed by atoms with van der Waals surface area (Å²) in [6.07, 6.45) is 3.06. The van der Waals surface area contributed by atoms with Gasteiger partial charge in [-0.15, -0.1) is 0 Å². The van der Waals surface area contributed by atoms with Gasteiger partial charge in [0.2, 0.25) is 0 Å². The largest absolute Gasteiger partial charge is 0.392 e. The molecule has 0 bridgehead atoms. The monoisotopic (exact) mass is 213 g/mol. The van der Waals surface area contributed by atoms with Gasteiger partial charge in [-0.25, -0.2) is 9.97 Å². The number of hydrogen-bond donors (Lipinski definition) is 2. The minimum atomic E-state index is -0.363. The molecule has 1 aromatic rings. The molecular formula is C9H15N3OS. The van der Waals surface area contributed by atoms with Crippen molar-refractivity contribution in [2.45, 2.75) is 36.9 Å². The van der Waals surface area contributed by atoms with E-state index in [9.17, 15) is 5.11 Å². The molecule has 3 N–H and O–H groups in total. The number of aromatic nitrogens is 2.